The van der Waals surface area contributed by atoms with Crippen molar-refractivity contribution >= 4 is 27.2 Å². The third kappa shape index (κ3) is 3.59. The van der Waals surface area contributed by atoms with Crippen LogP contribution in [0.25, 0.3) is 0 Å². The van der Waals surface area contributed by atoms with E-state index in [0.29, 0.717) is 23.2 Å². The summed E-state index contributed by atoms with van der Waals surface area (Å²) in [7, 11) is -3.58. The SMILES string of the molecule is CC1=CC(c2c(S(C)(=O)=O)ccc(C(=O)C3C(=O)CCCC3=O)c2C)ON1. The lowest BCUT2D eigenvalue weighted by atomic mass is 9.80. The van der Waals surface area contributed by atoms with Gasteiger partial charge >= 0.3 is 0 Å². The zero-order chi connectivity index (χ0) is 19.9. The third-order valence-electron chi connectivity index (χ3n) is 4.93. The number of hydrogen-bond donors (Lipinski definition) is 1. The predicted molar refractivity (Wildman–Crippen MR) is 96.7 cm³/mol. The van der Waals surface area contributed by atoms with Gasteiger partial charge in [0.2, 0.25) is 0 Å². The Balaban J connectivity index is 2.14. The zero-order valence-electron chi connectivity index (χ0n) is 15.4. The number of carbonyl (C=O) groups excluding carboxylic acids is 3. The second-order valence-corrected chi connectivity index (χ2v) is 8.98. The highest BCUT2D eigenvalue weighted by Crippen LogP contribution is 2.35. The second-order valence-electron chi connectivity index (χ2n) is 7.00. The lowest BCUT2D eigenvalue weighted by Gasteiger charge is -2.22. The fourth-order valence-corrected chi connectivity index (χ4v) is 4.58. The number of allylic oxidation sites excluding steroid dienone is 1. The van der Waals surface area contributed by atoms with Crippen molar-refractivity contribution in [3.8, 4) is 0 Å². The van der Waals surface area contributed by atoms with E-state index in [9.17, 15) is 22.8 Å². The molecule has 144 valence electrons. The summed E-state index contributed by atoms with van der Waals surface area (Å²) in [5.41, 5.74) is 4.29. The van der Waals surface area contributed by atoms with Crippen molar-refractivity contribution < 1.29 is 27.6 Å². The van der Waals surface area contributed by atoms with Crippen molar-refractivity contribution in [1.29, 1.82) is 0 Å². The fraction of sp³-hybridized carbons (Fsp3) is 0.421. The summed E-state index contributed by atoms with van der Waals surface area (Å²) in [4.78, 5) is 42.8. The molecule has 1 aromatic rings. The molecule has 1 fully saturated rings. The number of sulfone groups is 1. The number of benzene rings is 1. The predicted octanol–water partition coefficient (Wildman–Crippen LogP) is 2.00. The van der Waals surface area contributed by atoms with Crippen molar-refractivity contribution in [2.24, 2.45) is 5.92 Å². The van der Waals surface area contributed by atoms with Gasteiger partial charge in [0.1, 0.15) is 12.0 Å². The number of ketones is 3. The van der Waals surface area contributed by atoms with E-state index in [1.165, 1.54) is 12.1 Å². The van der Waals surface area contributed by atoms with Gasteiger partial charge in [-0.2, -0.15) is 0 Å². The van der Waals surface area contributed by atoms with Crippen LogP contribution in [0.2, 0.25) is 0 Å². The first-order valence-corrected chi connectivity index (χ1v) is 10.5. The number of Topliss-reactive ketones (excluding diaryl/α,β-unsaturated/α-hetero) is 3. The summed E-state index contributed by atoms with van der Waals surface area (Å²) in [5, 5.41) is 0. The molecule has 27 heavy (non-hydrogen) atoms. The van der Waals surface area contributed by atoms with Crippen molar-refractivity contribution in [3.63, 3.8) is 0 Å². The fourth-order valence-electron chi connectivity index (χ4n) is 3.59. The minimum Gasteiger partial charge on any atom is -0.298 e. The average Bonchev–Trinajstić information content (AvgIpc) is 2.99. The lowest BCUT2D eigenvalue weighted by molar-refractivity contribution is -0.133. The maximum absolute atomic E-state index is 13.0. The van der Waals surface area contributed by atoms with Gasteiger partial charge in [0.25, 0.3) is 0 Å². The van der Waals surface area contributed by atoms with Crippen LogP contribution >= 0.6 is 0 Å². The Morgan fingerprint density at radius 1 is 1.15 bits per heavy atom. The molecule has 1 saturated carbocycles. The lowest BCUT2D eigenvalue weighted by Crippen LogP contribution is -2.35. The molecule has 0 bridgehead atoms. The third-order valence-corrected chi connectivity index (χ3v) is 6.08. The zero-order valence-corrected chi connectivity index (χ0v) is 16.2. The molecule has 7 nitrogen and oxygen atoms in total. The molecular weight excluding hydrogens is 370 g/mol. The quantitative estimate of drug-likeness (QED) is 0.618. The summed E-state index contributed by atoms with van der Waals surface area (Å²) in [6.07, 6.45) is 2.97. The van der Waals surface area contributed by atoms with Gasteiger partial charge in [-0.3, -0.25) is 24.7 Å². The molecule has 1 aliphatic heterocycles. The Morgan fingerprint density at radius 3 is 2.30 bits per heavy atom. The normalized spacial score (nSPS) is 21.1. The van der Waals surface area contributed by atoms with Crippen LogP contribution < -0.4 is 5.48 Å². The number of hydrogen-bond acceptors (Lipinski definition) is 7. The number of rotatable bonds is 4. The van der Waals surface area contributed by atoms with Gasteiger partial charge in [-0.25, -0.2) is 8.42 Å². The minimum atomic E-state index is -3.58. The number of nitrogens with one attached hydrogen (secondary N) is 1. The maximum atomic E-state index is 13.0. The van der Waals surface area contributed by atoms with E-state index >= 15 is 0 Å². The van der Waals surface area contributed by atoms with Gasteiger partial charge in [-0.05, 0) is 44.0 Å². The molecule has 3 rings (SSSR count). The standard InChI is InChI=1S/C19H21NO6S/c1-10-9-15(26-20-10)17-11(2)12(7-8-16(17)27(3,24)25)19(23)18-13(21)5-4-6-14(18)22/h7-9,15,18,20H,4-6H2,1-3H3. The summed E-state index contributed by atoms with van der Waals surface area (Å²) in [5.74, 6) is -2.62. The first kappa shape index (κ1) is 19.4. The van der Waals surface area contributed by atoms with E-state index in [2.05, 4.69) is 5.48 Å². The Kier molecular flexibility index (Phi) is 5.05. The Bertz CT molecular complexity index is 960. The highest BCUT2D eigenvalue weighted by molar-refractivity contribution is 7.90. The van der Waals surface area contributed by atoms with Crippen LogP contribution in [0.5, 0.6) is 0 Å². The van der Waals surface area contributed by atoms with Gasteiger partial charge in [0, 0.05) is 35.9 Å². The molecule has 0 spiro atoms. The maximum Gasteiger partial charge on any atom is 0.181 e. The van der Waals surface area contributed by atoms with E-state index < -0.39 is 27.6 Å². The monoisotopic (exact) mass is 391 g/mol. The summed E-state index contributed by atoms with van der Waals surface area (Å²) in [6.45, 7) is 3.38. The van der Waals surface area contributed by atoms with Crippen LogP contribution in [-0.4, -0.2) is 32.0 Å². The van der Waals surface area contributed by atoms with E-state index in [1.807, 2.05) is 0 Å². The Morgan fingerprint density at radius 2 is 1.78 bits per heavy atom. The number of carbonyl (C=O) groups is 3. The first-order chi connectivity index (χ1) is 12.6. The smallest absolute Gasteiger partial charge is 0.181 e. The van der Waals surface area contributed by atoms with Crippen LogP contribution in [0.1, 0.15) is 53.8 Å². The van der Waals surface area contributed by atoms with Gasteiger partial charge in [-0.1, -0.05) is 0 Å². The molecule has 2 aliphatic rings. The highest BCUT2D eigenvalue weighted by atomic mass is 32.2. The molecule has 1 unspecified atom stereocenters. The largest absolute Gasteiger partial charge is 0.298 e. The van der Waals surface area contributed by atoms with Crippen LogP contribution in [0.3, 0.4) is 0 Å². The molecule has 1 N–H and O–H groups in total. The van der Waals surface area contributed by atoms with Crippen LogP contribution in [0, 0.1) is 12.8 Å². The molecular formula is C19H21NO6S. The molecule has 1 atom stereocenters. The van der Waals surface area contributed by atoms with Gasteiger partial charge in [0.05, 0.1) is 4.90 Å². The van der Waals surface area contributed by atoms with Gasteiger partial charge in [0.15, 0.2) is 27.2 Å². The first-order valence-electron chi connectivity index (χ1n) is 8.64. The average molecular weight is 391 g/mol. The molecule has 1 aliphatic carbocycles. The van der Waals surface area contributed by atoms with E-state index in [0.717, 1.165) is 6.26 Å². The van der Waals surface area contributed by atoms with Crippen molar-refractivity contribution in [2.45, 2.75) is 44.1 Å². The summed E-state index contributed by atoms with van der Waals surface area (Å²) in [6, 6.07) is 2.72. The molecule has 8 heteroatoms. The van der Waals surface area contributed by atoms with Crippen molar-refractivity contribution in [3.05, 3.63) is 40.6 Å². The number of hydroxylamine groups is 1. The van der Waals surface area contributed by atoms with Crippen molar-refractivity contribution in [2.75, 3.05) is 6.26 Å². The molecule has 0 amide bonds. The topological polar surface area (TPSA) is 107 Å². The van der Waals surface area contributed by atoms with E-state index in [4.69, 9.17) is 4.84 Å². The molecule has 1 heterocycles. The summed E-state index contributed by atoms with van der Waals surface area (Å²) < 4.78 is 24.5. The minimum absolute atomic E-state index is 0.0515. The second kappa shape index (κ2) is 7.01. The summed E-state index contributed by atoms with van der Waals surface area (Å²) >= 11 is 0. The molecule has 0 radical (unpaired) electrons. The Labute approximate surface area is 157 Å². The molecule has 0 saturated heterocycles. The van der Waals surface area contributed by atoms with Crippen LogP contribution in [0.4, 0.5) is 0 Å². The molecule has 1 aromatic carbocycles. The molecule has 0 aromatic heterocycles. The van der Waals surface area contributed by atoms with Gasteiger partial charge < -0.3 is 0 Å². The Hall–Kier alpha value is -2.32. The van der Waals surface area contributed by atoms with Crippen LogP contribution in [0.15, 0.2) is 28.8 Å². The van der Waals surface area contributed by atoms with Crippen molar-refractivity contribution in [1.82, 2.24) is 5.48 Å². The van der Waals surface area contributed by atoms with Crippen LogP contribution in [-0.2, 0) is 24.3 Å². The highest BCUT2D eigenvalue weighted by Gasteiger charge is 2.38. The van der Waals surface area contributed by atoms with Gasteiger partial charge in [-0.15, -0.1) is 0 Å². The van der Waals surface area contributed by atoms with E-state index in [-0.39, 0.29) is 34.9 Å². The van der Waals surface area contributed by atoms with E-state index in [1.54, 1.807) is 19.9 Å².